The summed E-state index contributed by atoms with van der Waals surface area (Å²) in [6.07, 6.45) is -0.646. The first-order valence-electron chi connectivity index (χ1n) is 11.4. The van der Waals surface area contributed by atoms with Crippen LogP contribution in [0.15, 0.2) is 54.6 Å². The van der Waals surface area contributed by atoms with E-state index in [9.17, 15) is 29.3 Å². The topological polar surface area (TPSA) is 171 Å². The number of nitrogens with two attached hydrogens (primary N) is 1. The Morgan fingerprint density at radius 1 is 0.944 bits per heavy atom. The van der Waals surface area contributed by atoms with Gasteiger partial charge in [0.15, 0.2) is 0 Å². The predicted octanol–water partition coefficient (Wildman–Crippen LogP) is 2.26. The number of esters is 1. The Labute approximate surface area is 208 Å². The van der Waals surface area contributed by atoms with Crippen molar-refractivity contribution in [3.8, 4) is 0 Å². The molecule has 0 unspecified atom stereocenters. The third kappa shape index (κ3) is 8.49. The number of hydrogen-bond donors (Lipinski definition) is 3. The van der Waals surface area contributed by atoms with E-state index < -0.39 is 34.7 Å². The molecule has 2 aromatic rings. The SMILES string of the molecule is CCOC(=O)C[C@H](c1ccc([N+](=O)[O-])cc1)[C@@H](NC(=O)CCC(=O)N[C@H](C)c1ccccc1)C(N)=O. The molecule has 36 heavy (non-hydrogen) atoms. The third-order valence-corrected chi connectivity index (χ3v) is 5.51. The predicted molar refractivity (Wildman–Crippen MR) is 130 cm³/mol. The molecule has 0 heterocycles. The number of nitro benzene ring substituents is 1. The first-order valence-corrected chi connectivity index (χ1v) is 11.4. The van der Waals surface area contributed by atoms with Crippen molar-refractivity contribution < 1.29 is 28.8 Å². The van der Waals surface area contributed by atoms with Gasteiger partial charge in [-0.15, -0.1) is 0 Å². The molecule has 0 fully saturated rings. The van der Waals surface area contributed by atoms with Crippen molar-refractivity contribution >= 4 is 29.4 Å². The number of benzene rings is 2. The van der Waals surface area contributed by atoms with Gasteiger partial charge in [-0.2, -0.15) is 0 Å². The second-order valence-corrected chi connectivity index (χ2v) is 8.11. The molecule has 192 valence electrons. The van der Waals surface area contributed by atoms with E-state index in [1.165, 1.54) is 24.3 Å². The summed E-state index contributed by atoms with van der Waals surface area (Å²) in [6, 6.07) is 13.0. The van der Waals surface area contributed by atoms with E-state index in [0.717, 1.165) is 5.56 Å². The van der Waals surface area contributed by atoms with Crippen LogP contribution in [0.5, 0.6) is 0 Å². The van der Waals surface area contributed by atoms with Crippen LogP contribution in [0.1, 0.15) is 56.2 Å². The number of carbonyl (C=O) groups is 4. The molecule has 0 aromatic heterocycles. The highest BCUT2D eigenvalue weighted by Crippen LogP contribution is 2.27. The van der Waals surface area contributed by atoms with Crippen LogP contribution in [0.4, 0.5) is 5.69 Å². The van der Waals surface area contributed by atoms with Crippen molar-refractivity contribution in [3.63, 3.8) is 0 Å². The number of nitro groups is 1. The maximum absolute atomic E-state index is 12.6. The lowest BCUT2D eigenvalue weighted by Crippen LogP contribution is -2.49. The van der Waals surface area contributed by atoms with Gasteiger partial charge in [0.25, 0.3) is 5.69 Å². The fourth-order valence-electron chi connectivity index (χ4n) is 3.65. The molecule has 3 atom stereocenters. The van der Waals surface area contributed by atoms with Gasteiger partial charge in [0.2, 0.25) is 17.7 Å². The Bertz CT molecular complexity index is 1070. The van der Waals surface area contributed by atoms with Crippen LogP contribution in [0, 0.1) is 10.1 Å². The van der Waals surface area contributed by atoms with Gasteiger partial charge in [-0.05, 0) is 25.0 Å². The highest BCUT2D eigenvalue weighted by atomic mass is 16.6. The van der Waals surface area contributed by atoms with Gasteiger partial charge in [0.05, 0.1) is 24.0 Å². The van der Waals surface area contributed by atoms with E-state index in [2.05, 4.69) is 10.6 Å². The lowest BCUT2D eigenvalue weighted by atomic mass is 9.87. The van der Waals surface area contributed by atoms with Crippen molar-refractivity contribution in [2.24, 2.45) is 5.73 Å². The molecular formula is C25H30N4O7. The summed E-state index contributed by atoms with van der Waals surface area (Å²) in [5.41, 5.74) is 6.66. The Hall–Kier alpha value is -4.28. The van der Waals surface area contributed by atoms with E-state index in [4.69, 9.17) is 10.5 Å². The molecule has 2 aromatic carbocycles. The molecule has 2 rings (SSSR count). The van der Waals surface area contributed by atoms with Crippen molar-refractivity contribution in [1.29, 1.82) is 0 Å². The third-order valence-electron chi connectivity index (χ3n) is 5.51. The zero-order valence-corrected chi connectivity index (χ0v) is 20.1. The number of primary amides is 1. The quantitative estimate of drug-likeness (QED) is 0.216. The largest absolute Gasteiger partial charge is 0.466 e. The molecule has 4 N–H and O–H groups in total. The van der Waals surface area contributed by atoms with Gasteiger partial charge in [0.1, 0.15) is 6.04 Å². The number of nitrogens with one attached hydrogen (secondary N) is 2. The van der Waals surface area contributed by atoms with Crippen molar-refractivity contribution in [1.82, 2.24) is 10.6 Å². The zero-order chi connectivity index (χ0) is 26.7. The average Bonchev–Trinajstić information content (AvgIpc) is 2.85. The fraction of sp³-hybridized carbons (Fsp3) is 0.360. The molecule has 11 nitrogen and oxygen atoms in total. The first-order chi connectivity index (χ1) is 17.1. The Balaban J connectivity index is 2.09. The van der Waals surface area contributed by atoms with Crippen molar-refractivity contribution in [3.05, 3.63) is 75.8 Å². The minimum Gasteiger partial charge on any atom is -0.466 e. The highest BCUT2D eigenvalue weighted by molar-refractivity contribution is 5.90. The minimum atomic E-state index is -1.31. The molecule has 0 aliphatic carbocycles. The van der Waals surface area contributed by atoms with Gasteiger partial charge in [-0.1, -0.05) is 42.5 Å². The summed E-state index contributed by atoms with van der Waals surface area (Å²) in [7, 11) is 0. The van der Waals surface area contributed by atoms with Crippen LogP contribution in [0.25, 0.3) is 0 Å². The first kappa shape index (κ1) is 28.0. The van der Waals surface area contributed by atoms with Gasteiger partial charge >= 0.3 is 5.97 Å². The van der Waals surface area contributed by atoms with E-state index in [1.54, 1.807) is 6.92 Å². The molecule has 3 amide bonds. The minimum absolute atomic E-state index is 0.107. The summed E-state index contributed by atoms with van der Waals surface area (Å²) in [6.45, 7) is 3.55. The average molecular weight is 499 g/mol. The Kier molecular flexibility index (Phi) is 10.5. The van der Waals surface area contributed by atoms with Crippen LogP contribution < -0.4 is 16.4 Å². The molecule has 0 saturated heterocycles. The fourth-order valence-corrected chi connectivity index (χ4v) is 3.65. The second-order valence-electron chi connectivity index (χ2n) is 8.11. The van der Waals surface area contributed by atoms with E-state index in [0.29, 0.717) is 5.56 Å². The summed E-state index contributed by atoms with van der Waals surface area (Å²) >= 11 is 0. The number of rotatable bonds is 13. The molecular weight excluding hydrogens is 468 g/mol. The van der Waals surface area contributed by atoms with Crippen LogP contribution in [-0.2, 0) is 23.9 Å². The Morgan fingerprint density at radius 3 is 2.06 bits per heavy atom. The van der Waals surface area contributed by atoms with Gasteiger partial charge < -0.3 is 21.1 Å². The Morgan fingerprint density at radius 2 is 1.53 bits per heavy atom. The normalized spacial score (nSPS) is 13.1. The zero-order valence-electron chi connectivity index (χ0n) is 20.1. The van der Waals surface area contributed by atoms with Crippen molar-refractivity contribution in [2.75, 3.05) is 6.61 Å². The summed E-state index contributed by atoms with van der Waals surface area (Å²) in [4.78, 5) is 59.8. The van der Waals surface area contributed by atoms with E-state index in [1.807, 2.05) is 37.3 Å². The summed E-state index contributed by atoms with van der Waals surface area (Å²) < 4.78 is 4.98. The van der Waals surface area contributed by atoms with Gasteiger partial charge in [-0.3, -0.25) is 29.3 Å². The summed E-state index contributed by atoms with van der Waals surface area (Å²) in [5.74, 6) is -3.43. The number of non-ortho nitro benzene ring substituents is 1. The molecule has 0 spiro atoms. The maximum Gasteiger partial charge on any atom is 0.306 e. The second kappa shape index (κ2) is 13.6. The lowest BCUT2D eigenvalue weighted by Gasteiger charge is -2.25. The standard InChI is InChI=1S/C25H30N4O7/c1-3-36-23(32)15-20(18-9-11-19(12-10-18)29(34)35)24(25(26)33)28-22(31)14-13-21(30)27-16(2)17-7-5-4-6-8-17/h4-12,16,20,24H,3,13-15H2,1-2H3,(H2,26,33)(H,27,30)(H,28,31)/t16-,20-,24-/m1/s1. The number of nitrogens with zero attached hydrogens (tertiary/aromatic N) is 1. The van der Waals surface area contributed by atoms with Crippen LogP contribution >= 0.6 is 0 Å². The maximum atomic E-state index is 12.6. The molecule has 0 aliphatic rings. The summed E-state index contributed by atoms with van der Waals surface area (Å²) in [5, 5.41) is 16.3. The smallest absolute Gasteiger partial charge is 0.306 e. The van der Waals surface area contributed by atoms with Crippen LogP contribution in [-0.4, -0.2) is 41.3 Å². The van der Waals surface area contributed by atoms with Crippen molar-refractivity contribution in [2.45, 2.75) is 51.1 Å². The number of amides is 3. The number of carbonyl (C=O) groups excluding carboxylic acids is 4. The van der Waals surface area contributed by atoms with Crippen LogP contribution in [0.2, 0.25) is 0 Å². The molecule has 11 heteroatoms. The highest BCUT2D eigenvalue weighted by Gasteiger charge is 2.32. The number of hydrogen-bond acceptors (Lipinski definition) is 7. The molecule has 0 bridgehead atoms. The monoisotopic (exact) mass is 498 g/mol. The van der Waals surface area contributed by atoms with Gasteiger partial charge in [0, 0.05) is 30.9 Å². The molecule has 0 radical (unpaired) electrons. The molecule has 0 aliphatic heterocycles. The lowest BCUT2D eigenvalue weighted by molar-refractivity contribution is -0.384. The van der Waals surface area contributed by atoms with Crippen LogP contribution in [0.3, 0.4) is 0 Å². The van der Waals surface area contributed by atoms with Gasteiger partial charge in [-0.25, -0.2) is 0 Å². The van der Waals surface area contributed by atoms with E-state index >= 15 is 0 Å². The van der Waals surface area contributed by atoms with E-state index in [-0.39, 0.29) is 43.5 Å². The number of ether oxygens (including phenoxy) is 1. The molecule has 0 saturated carbocycles.